The van der Waals surface area contributed by atoms with Crippen LogP contribution in [0.15, 0.2) is 17.3 Å². The zero-order valence-electron chi connectivity index (χ0n) is 35.5. The van der Waals surface area contributed by atoms with Crippen molar-refractivity contribution in [3.8, 4) is 22.5 Å². The second-order valence-electron chi connectivity index (χ2n) is 16.3. The summed E-state index contributed by atoms with van der Waals surface area (Å²) < 4.78 is 31.7. The van der Waals surface area contributed by atoms with E-state index < -0.39 is 83.4 Å². The maximum atomic E-state index is 14.5. The number of rotatable bonds is 8. The lowest BCUT2D eigenvalue weighted by Crippen LogP contribution is -2.60. The number of tetrazole rings is 1. The van der Waals surface area contributed by atoms with Crippen molar-refractivity contribution in [1.29, 1.82) is 0 Å². The highest BCUT2D eigenvalue weighted by molar-refractivity contribution is 7.15. The number of alkyl carbamates (subject to hydrolysis) is 1. The molecule has 18 heteroatoms. The molecule has 13 atom stereocenters. The van der Waals surface area contributed by atoms with Crippen LogP contribution in [0.25, 0.3) is 10.7 Å². The van der Waals surface area contributed by atoms with Gasteiger partial charge in [0.05, 0.1) is 46.4 Å². The first kappa shape index (κ1) is 45.1. The molecule has 0 spiro atoms. The largest absolute Gasteiger partial charge is 0.458 e. The van der Waals surface area contributed by atoms with Crippen LogP contribution >= 0.6 is 11.3 Å². The highest BCUT2D eigenvalue weighted by Gasteiger charge is 2.57. The monoisotopic (exact) mass is 829 g/mol. The average molecular weight is 830 g/mol. The molecule has 2 N–H and O–H groups in total. The Morgan fingerprint density at radius 2 is 1.86 bits per heavy atom. The molecule has 0 aliphatic carbocycles. The summed E-state index contributed by atoms with van der Waals surface area (Å²) in [5.74, 6) is 2.38. The number of nitrogens with one attached hydrogen (secondary N) is 1. The molecule has 1 amide bonds. The van der Waals surface area contributed by atoms with Gasteiger partial charge in [0, 0.05) is 23.8 Å². The van der Waals surface area contributed by atoms with Gasteiger partial charge in [-0.2, -0.15) is 4.80 Å². The van der Waals surface area contributed by atoms with Gasteiger partial charge in [-0.1, -0.05) is 44.7 Å². The number of ether oxygens (including phenoxy) is 5. The quantitative estimate of drug-likeness (QED) is 0.169. The molecule has 2 aromatic rings. The number of aryl methyl sites for hydroxylation is 1. The minimum Gasteiger partial charge on any atom is -0.458 e. The molecule has 3 fully saturated rings. The molecular weight excluding hydrogens is 771 g/mol. The van der Waals surface area contributed by atoms with E-state index in [9.17, 15) is 19.5 Å². The lowest BCUT2D eigenvalue weighted by atomic mass is 9.73. The third kappa shape index (κ3) is 9.55. The number of cyclic esters (lactones) is 1. The van der Waals surface area contributed by atoms with Gasteiger partial charge in [-0.05, 0) is 78.4 Å². The van der Waals surface area contributed by atoms with Crippen LogP contribution in [0.2, 0.25) is 0 Å². The van der Waals surface area contributed by atoms with Crippen molar-refractivity contribution in [3.63, 3.8) is 0 Å². The highest BCUT2D eigenvalue weighted by Crippen LogP contribution is 2.41. The van der Waals surface area contributed by atoms with Gasteiger partial charge >= 0.3 is 12.1 Å². The van der Waals surface area contributed by atoms with Crippen LogP contribution < -0.4 is 5.32 Å². The molecule has 5 heterocycles. The lowest BCUT2D eigenvalue weighted by molar-refractivity contribution is -0.296. The number of nitrogens with zero attached hydrogens (tertiary/aromatic N) is 6. The predicted octanol–water partition coefficient (Wildman–Crippen LogP) is 3.59. The molecule has 3 aliphatic heterocycles. The molecule has 3 saturated heterocycles. The van der Waals surface area contributed by atoms with E-state index in [4.69, 9.17) is 28.5 Å². The summed E-state index contributed by atoms with van der Waals surface area (Å²) in [7, 11) is 6.89. The first-order valence-corrected chi connectivity index (χ1v) is 20.6. The van der Waals surface area contributed by atoms with Gasteiger partial charge in [0.1, 0.15) is 31.8 Å². The Hall–Kier alpha value is -3.99. The summed E-state index contributed by atoms with van der Waals surface area (Å²) >= 11 is 1.41. The van der Waals surface area contributed by atoms with Crippen LogP contribution in [-0.2, 0) is 45.2 Å². The SMILES string of the molecule is CC[C@H]1OC(=O)[C@H](C)C(=O)[C@H](C)[C@@H](O[C@@H]2O[C@H](C)C[C@H](N(C)C)[C@H]2O)[C@](C)(OCC#Cc2ccc(-c3nnn(C)n3)s2)C[C@@H](C)/C(=N\OC)[C@H](C)[C@H]2NC(=O)O[C@@]21C. The molecular formula is C40H59N7O10S. The number of fused-ring (bicyclic) bond motifs is 1. The second-order valence-corrected chi connectivity index (χ2v) is 17.4. The number of amides is 1. The number of thiophene rings is 1. The van der Waals surface area contributed by atoms with Gasteiger partial charge in [-0.3, -0.25) is 9.59 Å². The third-order valence-electron chi connectivity index (χ3n) is 11.7. The van der Waals surface area contributed by atoms with E-state index >= 15 is 0 Å². The summed E-state index contributed by atoms with van der Waals surface area (Å²) in [6.45, 7) is 14.2. The van der Waals surface area contributed by atoms with E-state index in [1.165, 1.54) is 30.2 Å². The fraction of sp³-hybridized carbons (Fsp3) is 0.725. The van der Waals surface area contributed by atoms with Gasteiger partial charge in [-0.25, -0.2) is 4.79 Å². The summed E-state index contributed by atoms with van der Waals surface area (Å²) in [6, 6.07) is 2.73. The van der Waals surface area contributed by atoms with Crippen LogP contribution in [0.3, 0.4) is 0 Å². The molecule has 0 aromatic carbocycles. The molecule has 0 saturated carbocycles. The second kappa shape index (κ2) is 18.5. The standard InChI is InChI=1S/C40H59N7O10S/c1-13-29-40(8)33(41-38(51)57-40)23(4)30(44-52-12)21(2)20-39(7,53-18-14-15-26-16-17-28(58-26)35-42-45-47(11)43-35)34(24(5)31(48)25(6)36(50)55-29)56-37-32(49)27(46(9)10)19-22(3)54-37/h16-17,21-25,27,29,32-34,37,49H,13,18-20H2,1-12H3,(H,41,51)/b44-30+/t21-,22-,23+,24+,25-,27+,29-,32-,33-,34-,37+,39-,40-/m1/s1. The molecule has 2 aromatic heterocycles. The number of hydrogen-bond acceptors (Lipinski definition) is 16. The Kier molecular flexibility index (Phi) is 14.4. The van der Waals surface area contributed by atoms with Crippen LogP contribution in [0.4, 0.5) is 4.79 Å². The van der Waals surface area contributed by atoms with Gasteiger partial charge < -0.3 is 43.8 Å². The fourth-order valence-electron chi connectivity index (χ4n) is 8.65. The number of ketones is 1. The van der Waals surface area contributed by atoms with Gasteiger partial charge in [0.15, 0.2) is 17.7 Å². The number of carbonyl (C=O) groups is 3. The number of aliphatic hydroxyl groups is 1. The number of likely N-dealkylation sites (N-methyl/N-ethyl adjacent to an activating group) is 1. The third-order valence-corrected chi connectivity index (χ3v) is 12.7. The summed E-state index contributed by atoms with van der Waals surface area (Å²) in [5, 5.41) is 31.3. The van der Waals surface area contributed by atoms with E-state index in [0.717, 1.165) is 9.75 Å². The lowest BCUT2D eigenvalue weighted by Gasteiger charge is -2.47. The predicted molar refractivity (Wildman–Crippen MR) is 213 cm³/mol. The Balaban J connectivity index is 1.59. The topological polar surface area (TPSA) is 198 Å². The van der Waals surface area contributed by atoms with E-state index in [-0.39, 0.29) is 25.2 Å². The first-order chi connectivity index (χ1) is 27.3. The van der Waals surface area contributed by atoms with Crippen molar-refractivity contribution in [1.82, 2.24) is 30.4 Å². The normalized spacial score (nSPS) is 37.0. The Bertz CT molecular complexity index is 1880. The molecule has 0 radical (unpaired) electrons. The fourth-order valence-corrected chi connectivity index (χ4v) is 9.45. The molecule has 5 rings (SSSR count). The first-order valence-electron chi connectivity index (χ1n) is 19.8. The Morgan fingerprint density at radius 1 is 1.14 bits per heavy atom. The number of aromatic nitrogens is 4. The molecule has 58 heavy (non-hydrogen) atoms. The van der Waals surface area contributed by atoms with Crippen LogP contribution in [0.5, 0.6) is 0 Å². The number of aliphatic hydroxyl groups excluding tert-OH is 1. The molecule has 0 bridgehead atoms. The minimum absolute atomic E-state index is 0.0852. The molecule has 320 valence electrons. The van der Waals surface area contributed by atoms with Crippen LogP contribution in [0.1, 0.15) is 79.5 Å². The summed E-state index contributed by atoms with van der Waals surface area (Å²) in [5.41, 5.74) is -2.08. The van der Waals surface area contributed by atoms with Crippen molar-refractivity contribution < 1.29 is 48.0 Å². The van der Waals surface area contributed by atoms with E-state index in [0.29, 0.717) is 24.4 Å². The smallest absolute Gasteiger partial charge is 0.408 e. The van der Waals surface area contributed by atoms with Crippen molar-refractivity contribution in [3.05, 3.63) is 17.0 Å². The Labute approximate surface area is 344 Å². The molecule has 3 aliphatic rings. The van der Waals surface area contributed by atoms with Gasteiger partial charge in [0.25, 0.3) is 0 Å². The number of oxime groups is 1. The van der Waals surface area contributed by atoms with Crippen molar-refractivity contribution in [2.75, 3.05) is 27.8 Å². The zero-order valence-corrected chi connectivity index (χ0v) is 36.4. The number of carbonyl (C=O) groups excluding carboxylic acids is 3. The van der Waals surface area contributed by atoms with Gasteiger partial charge in [0.2, 0.25) is 5.82 Å². The average Bonchev–Trinajstić information content (AvgIpc) is 3.91. The van der Waals surface area contributed by atoms with E-state index in [1.54, 1.807) is 20.9 Å². The highest BCUT2D eigenvalue weighted by atomic mass is 32.1. The van der Waals surface area contributed by atoms with E-state index in [2.05, 4.69) is 37.7 Å². The number of esters is 1. The van der Waals surface area contributed by atoms with E-state index in [1.807, 2.05) is 65.7 Å². The van der Waals surface area contributed by atoms with Crippen LogP contribution in [0, 0.1) is 35.5 Å². The van der Waals surface area contributed by atoms with Crippen molar-refractivity contribution in [2.45, 2.75) is 129 Å². The maximum Gasteiger partial charge on any atom is 0.408 e. The zero-order chi connectivity index (χ0) is 42.7. The minimum atomic E-state index is -1.34. The van der Waals surface area contributed by atoms with Crippen molar-refractivity contribution >= 4 is 34.9 Å². The molecule has 0 unspecified atom stereocenters. The number of hydrogen-bond donors (Lipinski definition) is 2. The number of Topliss-reactive ketones (excluding diaryl/α,β-unsaturated/α-hetero) is 1. The summed E-state index contributed by atoms with van der Waals surface area (Å²) in [6.07, 6.45) is -4.11. The summed E-state index contributed by atoms with van der Waals surface area (Å²) in [4.78, 5) is 51.7. The van der Waals surface area contributed by atoms with Gasteiger partial charge in [-0.15, -0.1) is 21.5 Å². The van der Waals surface area contributed by atoms with Crippen molar-refractivity contribution in [2.24, 2.45) is 35.9 Å². The molecule has 17 nitrogen and oxygen atoms in total. The Morgan fingerprint density at radius 3 is 2.50 bits per heavy atom. The maximum absolute atomic E-state index is 14.5. The van der Waals surface area contributed by atoms with Crippen LogP contribution in [-0.4, -0.2) is 136 Å².